The summed E-state index contributed by atoms with van der Waals surface area (Å²) in [6, 6.07) is 0. The van der Waals surface area contributed by atoms with Crippen LogP contribution in [0, 0.1) is 6.92 Å². The van der Waals surface area contributed by atoms with Crippen molar-refractivity contribution in [1.82, 2.24) is 19.7 Å². The maximum atomic E-state index is 5.45. The summed E-state index contributed by atoms with van der Waals surface area (Å²) in [5.41, 5.74) is 8.48. The van der Waals surface area contributed by atoms with Crippen LogP contribution in [0.4, 0.5) is 0 Å². The van der Waals surface area contributed by atoms with E-state index in [9.17, 15) is 0 Å². The predicted octanol–water partition coefficient (Wildman–Crippen LogP) is 0.930. The molecular formula is C10H15N5. The van der Waals surface area contributed by atoms with Crippen molar-refractivity contribution in [3.63, 3.8) is 0 Å². The summed E-state index contributed by atoms with van der Waals surface area (Å²) in [5.74, 6) is 0. The predicted molar refractivity (Wildman–Crippen MR) is 58.2 cm³/mol. The van der Waals surface area contributed by atoms with Gasteiger partial charge in [0.1, 0.15) is 5.69 Å². The van der Waals surface area contributed by atoms with Gasteiger partial charge in [-0.15, -0.1) is 0 Å². The third-order valence-electron chi connectivity index (χ3n) is 2.34. The lowest BCUT2D eigenvalue weighted by atomic mass is 10.2. The van der Waals surface area contributed by atoms with Crippen LogP contribution in [0.25, 0.3) is 11.4 Å². The number of aromatic amines is 1. The molecule has 0 unspecified atom stereocenters. The fourth-order valence-corrected chi connectivity index (χ4v) is 1.49. The van der Waals surface area contributed by atoms with Gasteiger partial charge in [-0.05, 0) is 25.5 Å². The van der Waals surface area contributed by atoms with Crippen LogP contribution in [0.1, 0.15) is 12.0 Å². The van der Waals surface area contributed by atoms with Gasteiger partial charge in [0.15, 0.2) is 0 Å². The number of aryl methyl sites for hydroxylation is 2. The Morgan fingerprint density at radius 3 is 3.07 bits per heavy atom. The van der Waals surface area contributed by atoms with Gasteiger partial charge in [-0.2, -0.15) is 5.10 Å². The molecule has 0 bridgehead atoms. The highest BCUT2D eigenvalue weighted by Gasteiger charge is 2.06. The standard InChI is InChI=1S/C10H15N5/c1-8-5-13-14-10(8)9-6-15(7-12-9)4-2-3-11/h5-7H,2-4,11H2,1H3,(H,13,14). The van der Waals surface area contributed by atoms with E-state index in [4.69, 9.17) is 5.73 Å². The molecule has 2 aromatic heterocycles. The number of hydrogen-bond donors (Lipinski definition) is 2. The van der Waals surface area contributed by atoms with Crippen LogP contribution in [-0.4, -0.2) is 26.3 Å². The van der Waals surface area contributed by atoms with Crippen molar-refractivity contribution >= 4 is 0 Å². The molecule has 2 rings (SSSR count). The van der Waals surface area contributed by atoms with Crippen LogP contribution in [0.5, 0.6) is 0 Å². The Morgan fingerprint density at radius 1 is 1.53 bits per heavy atom. The zero-order valence-electron chi connectivity index (χ0n) is 8.77. The lowest BCUT2D eigenvalue weighted by molar-refractivity contribution is 0.650. The Hall–Kier alpha value is -1.62. The normalized spacial score (nSPS) is 10.8. The molecule has 3 N–H and O–H groups in total. The zero-order chi connectivity index (χ0) is 10.7. The number of imidazole rings is 1. The number of H-pyrrole nitrogens is 1. The van der Waals surface area contributed by atoms with E-state index in [-0.39, 0.29) is 0 Å². The molecule has 0 saturated heterocycles. The van der Waals surface area contributed by atoms with Gasteiger partial charge in [0.2, 0.25) is 0 Å². The van der Waals surface area contributed by atoms with Gasteiger partial charge in [-0.1, -0.05) is 0 Å². The van der Waals surface area contributed by atoms with E-state index in [1.165, 1.54) is 0 Å². The van der Waals surface area contributed by atoms with Crippen molar-refractivity contribution in [2.45, 2.75) is 19.9 Å². The van der Waals surface area contributed by atoms with Crippen LogP contribution >= 0.6 is 0 Å². The van der Waals surface area contributed by atoms with Crippen LogP contribution < -0.4 is 5.73 Å². The number of nitrogens with two attached hydrogens (primary N) is 1. The van der Waals surface area contributed by atoms with Crippen molar-refractivity contribution in [3.8, 4) is 11.4 Å². The molecule has 2 heterocycles. The van der Waals surface area contributed by atoms with Crippen molar-refractivity contribution in [2.24, 2.45) is 5.73 Å². The van der Waals surface area contributed by atoms with E-state index in [1.54, 1.807) is 6.20 Å². The van der Waals surface area contributed by atoms with E-state index in [1.807, 2.05) is 24.0 Å². The number of nitrogens with one attached hydrogen (secondary N) is 1. The Balaban J connectivity index is 2.17. The number of rotatable bonds is 4. The first-order chi connectivity index (χ1) is 7.31. The first-order valence-electron chi connectivity index (χ1n) is 5.03. The maximum absolute atomic E-state index is 5.45. The fraction of sp³-hybridized carbons (Fsp3) is 0.400. The van der Waals surface area contributed by atoms with E-state index in [2.05, 4.69) is 15.2 Å². The van der Waals surface area contributed by atoms with Gasteiger partial charge in [-0.3, -0.25) is 5.10 Å². The SMILES string of the molecule is Cc1cn[nH]c1-c1cn(CCCN)cn1. The smallest absolute Gasteiger partial charge is 0.106 e. The lowest BCUT2D eigenvalue weighted by Gasteiger charge is -1.97. The summed E-state index contributed by atoms with van der Waals surface area (Å²) in [4.78, 5) is 4.32. The topological polar surface area (TPSA) is 72.5 Å². The molecule has 15 heavy (non-hydrogen) atoms. The van der Waals surface area contributed by atoms with Gasteiger partial charge < -0.3 is 10.3 Å². The average Bonchev–Trinajstić information content (AvgIpc) is 2.83. The molecule has 0 aromatic carbocycles. The second-order valence-electron chi connectivity index (χ2n) is 3.57. The first kappa shape index (κ1) is 9.92. The minimum Gasteiger partial charge on any atom is -0.337 e. The minimum absolute atomic E-state index is 0.705. The largest absolute Gasteiger partial charge is 0.337 e. The summed E-state index contributed by atoms with van der Waals surface area (Å²) in [6.07, 6.45) is 6.60. The van der Waals surface area contributed by atoms with Crippen molar-refractivity contribution in [2.75, 3.05) is 6.54 Å². The molecule has 0 fully saturated rings. The molecule has 5 nitrogen and oxygen atoms in total. The molecule has 5 heteroatoms. The Bertz CT molecular complexity index is 428. The molecular weight excluding hydrogens is 190 g/mol. The second kappa shape index (κ2) is 4.27. The third-order valence-corrected chi connectivity index (χ3v) is 2.34. The Labute approximate surface area is 88.3 Å². The molecule has 0 amide bonds. The first-order valence-corrected chi connectivity index (χ1v) is 5.03. The molecule has 0 radical (unpaired) electrons. The molecule has 0 atom stereocenters. The van der Waals surface area contributed by atoms with Crippen LogP contribution in [-0.2, 0) is 6.54 Å². The Kier molecular flexibility index (Phi) is 2.82. The monoisotopic (exact) mass is 205 g/mol. The van der Waals surface area contributed by atoms with Gasteiger partial charge >= 0.3 is 0 Å². The summed E-state index contributed by atoms with van der Waals surface area (Å²) < 4.78 is 2.04. The molecule has 80 valence electrons. The highest BCUT2D eigenvalue weighted by Crippen LogP contribution is 2.17. The number of nitrogens with zero attached hydrogens (tertiary/aromatic N) is 3. The van der Waals surface area contributed by atoms with E-state index < -0.39 is 0 Å². The quantitative estimate of drug-likeness (QED) is 0.780. The Morgan fingerprint density at radius 2 is 2.40 bits per heavy atom. The molecule has 0 saturated carbocycles. The third kappa shape index (κ3) is 2.07. The van der Waals surface area contributed by atoms with Crippen molar-refractivity contribution < 1.29 is 0 Å². The average molecular weight is 205 g/mol. The van der Waals surface area contributed by atoms with Crippen LogP contribution in [0.15, 0.2) is 18.7 Å². The van der Waals surface area contributed by atoms with Gasteiger partial charge in [0.05, 0.1) is 18.2 Å². The van der Waals surface area contributed by atoms with Gasteiger partial charge in [-0.25, -0.2) is 4.98 Å². The number of hydrogen-bond acceptors (Lipinski definition) is 3. The van der Waals surface area contributed by atoms with E-state index >= 15 is 0 Å². The summed E-state index contributed by atoms with van der Waals surface area (Å²) in [7, 11) is 0. The molecule has 0 spiro atoms. The molecule has 0 aliphatic heterocycles. The zero-order valence-corrected chi connectivity index (χ0v) is 8.77. The second-order valence-corrected chi connectivity index (χ2v) is 3.57. The summed E-state index contributed by atoms with van der Waals surface area (Å²) in [5, 5.41) is 6.92. The van der Waals surface area contributed by atoms with Crippen molar-refractivity contribution in [1.29, 1.82) is 0 Å². The van der Waals surface area contributed by atoms with Crippen molar-refractivity contribution in [3.05, 3.63) is 24.3 Å². The molecule has 2 aromatic rings. The summed E-state index contributed by atoms with van der Waals surface area (Å²) in [6.45, 7) is 3.63. The van der Waals surface area contributed by atoms with Crippen LogP contribution in [0.2, 0.25) is 0 Å². The highest BCUT2D eigenvalue weighted by atomic mass is 15.1. The van der Waals surface area contributed by atoms with Gasteiger partial charge in [0, 0.05) is 12.7 Å². The van der Waals surface area contributed by atoms with E-state index in [0.717, 1.165) is 29.9 Å². The highest BCUT2D eigenvalue weighted by molar-refractivity contribution is 5.56. The maximum Gasteiger partial charge on any atom is 0.106 e. The van der Waals surface area contributed by atoms with Crippen LogP contribution in [0.3, 0.4) is 0 Å². The van der Waals surface area contributed by atoms with Gasteiger partial charge in [0.25, 0.3) is 0 Å². The lowest BCUT2D eigenvalue weighted by Crippen LogP contribution is -2.03. The van der Waals surface area contributed by atoms with E-state index in [0.29, 0.717) is 6.54 Å². The minimum atomic E-state index is 0.705. The molecule has 0 aliphatic carbocycles. The number of aromatic nitrogens is 4. The molecule has 0 aliphatic rings. The fourth-order valence-electron chi connectivity index (χ4n) is 1.49. The summed E-state index contributed by atoms with van der Waals surface area (Å²) >= 11 is 0.